The first-order valence-electron chi connectivity index (χ1n) is 0. The molecule has 8 radical (unpaired) electrons. The van der Waals surface area contributed by atoms with Gasteiger partial charge in [-0.1, -0.05) is 0 Å². The summed E-state index contributed by atoms with van der Waals surface area (Å²) in [6.45, 7) is 0. The Morgan fingerprint density at radius 3 is 0.250 bits per heavy atom. The molecule has 0 saturated carbocycles. The van der Waals surface area contributed by atoms with Gasteiger partial charge in [0.05, 0.1) is 0 Å². The predicted octanol–water partition coefficient (Wildman–Crippen LogP) is -2.59. The Morgan fingerprint density at radius 1 is 0.250 bits per heavy atom. The molecule has 4 heavy (non-hydrogen) atoms. The van der Waals surface area contributed by atoms with Gasteiger partial charge in [0.1, 0.15) is 0 Å². The monoisotopic (exact) mass is 488 g/mol. The normalized spacial score (nSPS) is 0. The molecule has 0 saturated heterocycles. The first kappa shape index (κ1) is 26.7. The van der Waals surface area contributed by atoms with Gasteiger partial charge in [-0.15, -0.1) is 0 Å². The molecule has 0 aliphatic carbocycles. The topological polar surface area (TPSA) is 0 Å². The van der Waals surface area contributed by atoms with E-state index in [9.17, 15) is 0 Å². The van der Waals surface area contributed by atoms with Crippen LogP contribution in [0, 0.1) is 0 Å². The molecule has 0 aromatic carbocycles. The Hall–Kier alpha value is 3.27. The van der Waals surface area contributed by atoms with E-state index in [2.05, 4.69) is 0 Å². The van der Waals surface area contributed by atoms with Gasteiger partial charge in [-0.05, 0) is 0 Å². The van der Waals surface area contributed by atoms with Crippen molar-refractivity contribution in [3.05, 3.63) is 0 Å². The van der Waals surface area contributed by atoms with E-state index < -0.39 is 0 Å². The zero-order valence-electron chi connectivity index (χ0n) is 2.00. The second-order valence-electron chi connectivity index (χ2n) is 0. The van der Waals surface area contributed by atoms with Crippen LogP contribution in [0.2, 0.25) is 0 Å². The van der Waals surface area contributed by atoms with E-state index in [1.807, 2.05) is 0 Å². The Balaban J connectivity index is 0. The molecule has 0 amide bonds. The first-order chi connectivity index (χ1) is 0. The van der Waals surface area contributed by atoms with E-state index in [1.165, 1.54) is 0 Å². The van der Waals surface area contributed by atoms with Crippen molar-refractivity contribution in [1.29, 1.82) is 0 Å². The first-order valence-corrected chi connectivity index (χ1v) is 0. The molecule has 0 bridgehead atoms. The van der Waals surface area contributed by atoms with Gasteiger partial charge >= 0.3 is 97.7 Å². The third-order valence-corrected chi connectivity index (χ3v) is 0. The number of hydrogen-bond donors (Lipinski definition) is 0. The van der Waals surface area contributed by atoms with Gasteiger partial charge in [-0.2, -0.15) is 0 Å². The second kappa shape index (κ2) is 16.3. The minimum absolute atomic E-state index is 0. The summed E-state index contributed by atoms with van der Waals surface area (Å²) in [7, 11) is 0. The fraction of sp³-hybridized carbons (Fsp3) is 0. The second-order valence-corrected chi connectivity index (χ2v) is 0. The fourth-order valence-electron chi connectivity index (χ4n) is 0. The Morgan fingerprint density at radius 2 is 0.250 bits per heavy atom. The van der Waals surface area contributed by atoms with Gasteiger partial charge in [-0.3, -0.25) is 0 Å². The van der Waals surface area contributed by atoms with Crippen LogP contribution in [0.15, 0.2) is 0 Å². The van der Waals surface area contributed by atoms with Crippen molar-refractivity contribution < 1.29 is 0 Å². The van der Waals surface area contributed by atoms with E-state index in [-0.39, 0.29) is 97.7 Å². The molecule has 0 fully saturated rings. The van der Waals surface area contributed by atoms with Gasteiger partial charge in [-0.25, -0.2) is 0 Å². The average Bonchev–Trinajstić information content (AvgIpc) is 0. The minimum atomic E-state index is 0. The van der Waals surface area contributed by atoms with Crippen LogP contribution in [0.5, 0.6) is 0 Å². The van der Waals surface area contributed by atoms with Crippen molar-refractivity contribution in [3.8, 4) is 0 Å². The third kappa shape index (κ3) is 8.99. The van der Waals surface area contributed by atoms with Gasteiger partial charge in [0.2, 0.25) is 0 Å². The molecule has 4 heteroatoms. The van der Waals surface area contributed by atoms with Crippen LogP contribution in [0.4, 0.5) is 0 Å². The summed E-state index contributed by atoms with van der Waals surface area (Å²) >= 11 is 0. The standard InChI is InChI=1S/4Sb.4H. The summed E-state index contributed by atoms with van der Waals surface area (Å²) in [6.07, 6.45) is 0. The van der Waals surface area contributed by atoms with Gasteiger partial charge in [0, 0.05) is 0 Å². The molecule has 0 atom stereocenters. The number of rotatable bonds is 0. The summed E-state index contributed by atoms with van der Waals surface area (Å²) in [6, 6.07) is 0. The van der Waals surface area contributed by atoms with Crippen molar-refractivity contribution >= 4 is 97.7 Å². The van der Waals surface area contributed by atoms with Crippen molar-refractivity contribution in [2.75, 3.05) is 0 Å². The Labute approximate surface area is 95.7 Å². The molecule has 0 spiro atoms. The predicted molar refractivity (Wildman–Crippen MR) is 28.6 cm³/mol. The molecule has 0 rings (SSSR count). The van der Waals surface area contributed by atoms with Crippen LogP contribution < -0.4 is 0 Å². The maximum absolute atomic E-state index is 0. The molecule has 0 aromatic heterocycles. The van der Waals surface area contributed by atoms with E-state index in [1.54, 1.807) is 0 Å². The quantitative estimate of drug-likeness (QED) is 0.327. The van der Waals surface area contributed by atoms with E-state index in [0.717, 1.165) is 0 Å². The van der Waals surface area contributed by atoms with Crippen LogP contribution in [0.3, 0.4) is 0 Å². The van der Waals surface area contributed by atoms with Gasteiger partial charge in [0.25, 0.3) is 0 Å². The molecule has 0 aliphatic heterocycles. The summed E-state index contributed by atoms with van der Waals surface area (Å²) in [5, 5.41) is 0. The third-order valence-electron chi connectivity index (χ3n) is 0. The van der Waals surface area contributed by atoms with E-state index >= 15 is 0 Å². The molecular formula is H4Sb4. The van der Waals surface area contributed by atoms with Crippen molar-refractivity contribution in [2.24, 2.45) is 0 Å². The summed E-state index contributed by atoms with van der Waals surface area (Å²) in [5.74, 6) is 0. The summed E-state index contributed by atoms with van der Waals surface area (Å²) < 4.78 is 0. The van der Waals surface area contributed by atoms with Crippen LogP contribution in [0.1, 0.15) is 0 Å². The molecule has 24 valence electrons. The molecule has 0 aliphatic rings. The zero-order valence-corrected chi connectivity index (χ0v) is 13.4. The van der Waals surface area contributed by atoms with Crippen molar-refractivity contribution in [3.63, 3.8) is 0 Å². The van der Waals surface area contributed by atoms with Crippen LogP contribution in [0.25, 0.3) is 0 Å². The van der Waals surface area contributed by atoms with Gasteiger partial charge in [0.15, 0.2) is 0 Å². The van der Waals surface area contributed by atoms with Crippen molar-refractivity contribution in [2.45, 2.75) is 0 Å². The summed E-state index contributed by atoms with van der Waals surface area (Å²) in [4.78, 5) is 0. The Bertz CT molecular complexity index is 0. The molecule has 0 unspecified atom stereocenters. The van der Waals surface area contributed by atoms with Crippen molar-refractivity contribution in [1.82, 2.24) is 0 Å². The summed E-state index contributed by atoms with van der Waals surface area (Å²) in [5.41, 5.74) is 0. The number of hydrogen-bond acceptors (Lipinski definition) is 0. The van der Waals surface area contributed by atoms with Crippen LogP contribution in [-0.2, 0) is 0 Å². The zero-order chi connectivity index (χ0) is 0. The van der Waals surface area contributed by atoms with E-state index in [4.69, 9.17) is 0 Å². The Kier molecular flexibility index (Phi) is 109. The van der Waals surface area contributed by atoms with Crippen LogP contribution >= 0.6 is 0 Å². The molecule has 0 nitrogen and oxygen atoms in total. The van der Waals surface area contributed by atoms with Crippen LogP contribution in [-0.4, -0.2) is 97.7 Å². The average molecular weight is 491 g/mol. The fourth-order valence-corrected chi connectivity index (χ4v) is 0. The molecular weight excluding hydrogens is 487 g/mol. The molecule has 0 aromatic rings. The van der Waals surface area contributed by atoms with E-state index in [0.29, 0.717) is 0 Å². The molecule has 0 N–H and O–H groups in total. The molecule has 0 heterocycles. The van der Waals surface area contributed by atoms with Gasteiger partial charge < -0.3 is 0 Å². The maximum atomic E-state index is 0. The SMILES string of the molecule is [SbH].[SbH].[SbH].[SbH].